The first-order valence-electron chi connectivity index (χ1n) is 10.9. The minimum Gasteiger partial charge on any atom is -0.481 e. The Bertz CT molecular complexity index is 893. The molecule has 1 unspecified atom stereocenters. The maximum absolute atomic E-state index is 11.0. The van der Waals surface area contributed by atoms with E-state index in [9.17, 15) is 4.79 Å². The smallest absolute Gasteiger partial charge is 0.303 e. The van der Waals surface area contributed by atoms with Gasteiger partial charge in [0.1, 0.15) is 0 Å². The average Bonchev–Trinajstić information content (AvgIpc) is 2.75. The molecule has 1 aliphatic carbocycles. The summed E-state index contributed by atoms with van der Waals surface area (Å²) >= 11 is 8.88. The van der Waals surface area contributed by atoms with E-state index in [-0.39, 0.29) is 6.42 Å². The fourth-order valence-electron chi connectivity index (χ4n) is 4.19. The van der Waals surface area contributed by atoms with E-state index in [1.54, 1.807) is 0 Å². The van der Waals surface area contributed by atoms with Crippen molar-refractivity contribution in [3.8, 4) is 0 Å². The second-order valence-corrected chi connectivity index (χ2v) is 9.21. The van der Waals surface area contributed by atoms with Crippen LogP contribution >= 0.6 is 28.1 Å². The van der Waals surface area contributed by atoms with Gasteiger partial charge in [0, 0.05) is 35.7 Å². The van der Waals surface area contributed by atoms with Gasteiger partial charge in [-0.05, 0) is 80.2 Å². The Balaban J connectivity index is 1.53. The lowest BCUT2D eigenvalue weighted by Crippen LogP contribution is -2.36. The largest absolute Gasteiger partial charge is 0.481 e. The summed E-state index contributed by atoms with van der Waals surface area (Å²) in [7, 11) is 0. The van der Waals surface area contributed by atoms with E-state index < -0.39 is 5.97 Å². The third-order valence-corrected chi connectivity index (χ3v) is 6.34. The lowest BCUT2D eigenvalue weighted by molar-refractivity contribution is -0.137. The van der Waals surface area contributed by atoms with Crippen LogP contribution in [-0.2, 0) is 11.2 Å². The number of carboxylic acid groups (broad SMARTS) is 1. The summed E-state index contributed by atoms with van der Waals surface area (Å²) in [5.41, 5.74) is 3.78. The summed E-state index contributed by atoms with van der Waals surface area (Å²) in [5, 5.41) is 16.2. The molecule has 0 saturated heterocycles. The number of carboxylic acids is 1. The average molecular weight is 504 g/mol. The highest BCUT2D eigenvalue weighted by Gasteiger charge is 2.25. The molecule has 31 heavy (non-hydrogen) atoms. The van der Waals surface area contributed by atoms with Crippen LogP contribution in [0.3, 0.4) is 0 Å². The maximum atomic E-state index is 11.0. The van der Waals surface area contributed by atoms with Gasteiger partial charge in [0.15, 0.2) is 5.11 Å². The van der Waals surface area contributed by atoms with Gasteiger partial charge >= 0.3 is 5.97 Å². The SMILES string of the molecule is O=C(O)CCCN(CCCNC(=S)Nc1cccc(Br)c1)C1CCCc2ccccc21. The molecular weight excluding hydrogens is 474 g/mol. The molecule has 2 aromatic carbocycles. The van der Waals surface area contributed by atoms with Crippen LogP contribution in [-0.4, -0.2) is 40.7 Å². The van der Waals surface area contributed by atoms with E-state index in [4.69, 9.17) is 17.3 Å². The Morgan fingerprint density at radius 2 is 1.97 bits per heavy atom. The fourth-order valence-corrected chi connectivity index (χ4v) is 4.81. The van der Waals surface area contributed by atoms with E-state index in [1.165, 1.54) is 17.5 Å². The number of hydrogen-bond donors (Lipinski definition) is 3. The summed E-state index contributed by atoms with van der Waals surface area (Å²) in [6, 6.07) is 17.0. The molecule has 0 aliphatic heterocycles. The van der Waals surface area contributed by atoms with Crippen LogP contribution in [0.15, 0.2) is 53.0 Å². The third kappa shape index (κ3) is 7.59. The second-order valence-electron chi connectivity index (χ2n) is 7.88. The van der Waals surface area contributed by atoms with Gasteiger partial charge in [-0.3, -0.25) is 9.69 Å². The molecule has 5 nitrogen and oxygen atoms in total. The molecule has 0 saturated carbocycles. The minimum atomic E-state index is -0.727. The Kier molecular flexibility index (Phi) is 9.31. The van der Waals surface area contributed by atoms with E-state index >= 15 is 0 Å². The molecule has 0 spiro atoms. The quantitative estimate of drug-likeness (QED) is 0.299. The topological polar surface area (TPSA) is 64.6 Å². The molecular formula is C24H30BrN3O2S. The number of carbonyl (C=O) groups is 1. The van der Waals surface area contributed by atoms with Crippen molar-refractivity contribution in [3.05, 3.63) is 64.1 Å². The van der Waals surface area contributed by atoms with E-state index in [1.807, 2.05) is 24.3 Å². The van der Waals surface area contributed by atoms with Crippen LogP contribution in [0.4, 0.5) is 5.69 Å². The molecule has 2 aromatic rings. The Morgan fingerprint density at radius 3 is 2.77 bits per heavy atom. The van der Waals surface area contributed by atoms with Crippen molar-refractivity contribution in [2.75, 3.05) is 25.0 Å². The number of hydrogen-bond acceptors (Lipinski definition) is 3. The third-order valence-electron chi connectivity index (χ3n) is 5.60. The van der Waals surface area contributed by atoms with Crippen LogP contribution in [0, 0.1) is 0 Å². The molecule has 7 heteroatoms. The number of thiocarbonyl (C=S) groups is 1. The number of nitrogens with one attached hydrogen (secondary N) is 2. The van der Waals surface area contributed by atoms with Gasteiger partial charge in [-0.1, -0.05) is 46.3 Å². The summed E-state index contributed by atoms with van der Waals surface area (Å²) in [4.78, 5) is 13.5. The number of fused-ring (bicyclic) bond motifs is 1. The second kappa shape index (κ2) is 12.2. The van der Waals surface area contributed by atoms with Crippen LogP contribution < -0.4 is 10.6 Å². The molecule has 0 amide bonds. The highest BCUT2D eigenvalue weighted by molar-refractivity contribution is 9.10. The highest BCUT2D eigenvalue weighted by atomic mass is 79.9. The number of rotatable bonds is 10. The van der Waals surface area contributed by atoms with Crippen molar-refractivity contribution in [3.63, 3.8) is 0 Å². The van der Waals surface area contributed by atoms with Gasteiger partial charge < -0.3 is 15.7 Å². The molecule has 0 fully saturated rings. The van der Waals surface area contributed by atoms with E-state index in [2.05, 4.69) is 55.7 Å². The first kappa shape index (κ1) is 23.7. The van der Waals surface area contributed by atoms with Crippen molar-refractivity contribution in [1.82, 2.24) is 10.2 Å². The van der Waals surface area contributed by atoms with Crippen molar-refractivity contribution < 1.29 is 9.90 Å². The van der Waals surface area contributed by atoms with Gasteiger partial charge in [0.05, 0.1) is 0 Å². The molecule has 3 rings (SSSR count). The minimum absolute atomic E-state index is 0.212. The van der Waals surface area contributed by atoms with Crippen LogP contribution in [0.25, 0.3) is 0 Å². The Morgan fingerprint density at radius 1 is 1.16 bits per heavy atom. The summed E-state index contributed by atoms with van der Waals surface area (Å²) in [6.07, 6.45) is 5.25. The predicted octanol–water partition coefficient (Wildman–Crippen LogP) is 5.37. The Hall–Kier alpha value is -1.96. The summed E-state index contributed by atoms with van der Waals surface area (Å²) in [5.74, 6) is -0.727. The van der Waals surface area contributed by atoms with E-state index in [0.29, 0.717) is 17.6 Å². The number of aliphatic carboxylic acids is 1. The molecule has 166 valence electrons. The zero-order chi connectivity index (χ0) is 22.1. The van der Waals surface area contributed by atoms with Gasteiger partial charge in [-0.2, -0.15) is 0 Å². The van der Waals surface area contributed by atoms with Crippen LogP contribution in [0.1, 0.15) is 49.3 Å². The van der Waals surface area contributed by atoms with Gasteiger partial charge in [0.2, 0.25) is 0 Å². The van der Waals surface area contributed by atoms with Gasteiger partial charge in [-0.15, -0.1) is 0 Å². The lowest BCUT2D eigenvalue weighted by Gasteiger charge is -2.36. The monoisotopic (exact) mass is 503 g/mol. The number of nitrogens with zero attached hydrogens (tertiary/aromatic N) is 1. The standard InChI is InChI=1S/C24H30BrN3O2S/c25-19-9-4-10-20(17-19)27-24(31)26-14-6-16-28(15-5-13-23(29)30)22-12-3-8-18-7-1-2-11-21(18)22/h1-2,4,7,9-11,17,22H,3,5-6,8,12-16H2,(H,29,30)(H2,26,27,31). The molecule has 0 bridgehead atoms. The molecule has 0 radical (unpaired) electrons. The number of halogens is 1. The van der Waals surface area contributed by atoms with Crippen molar-refractivity contribution in [1.29, 1.82) is 0 Å². The number of benzene rings is 2. The van der Waals surface area contributed by atoms with Crippen molar-refractivity contribution in [2.24, 2.45) is 0 Å². The number of aryl methyl sites for hydroxylation is 1. The predicted molar refractivity (Wildman–Crippen MR) is 134 cm³/mol. The van der Waals surface area contributed by atoms with Crippen molar-refractivity contribution in [2.45, 2.75) is 44.6 Å². The summed E-state index contributed by atoms with van der Waals surface area (Å²) < 4.78 is 1.00. The lowest BCUT2D eigenvalue weighted by atomic mass is 9.86. The molecule has 3 N–H and O–H groups in total. The van der Waals surface area contributed by atoms with E-state index in [0.717, 1.165) is 49.1 Å². The van der Waals surface area contributed by atoms with Gasteiger partial charge in [-0.25, -0.2) is 0 Å². The molecule has 0 heterocycles. The van der Waals surface area contributed by atoms with Crippen molar-refractivity contribution >= 4 is 44.9 Å². The Labute approximate surface area is 198 Å². The zero-order valence-corrected chi connectivity index (χ0v) is 20.1. The normalized spacial score (nSPS) is 15.4. The number of anilines is 1. The van der Waals surface area contributed by atoms with Crippen LogP contribution in [0.5, 0.6) is 0 Å². The molecule has 1 aliphatic rings. The van der Waals surface area contributed by atoms with Crippen LogP contribution in [0.2, 0.25) is 0 Å². The first-order chi connectivity index (χ1) is 15.0. The highest BCUT2D eigenvalue weighted by Crippen LogP contribution is 2.34. The summed E-state index contributed by atoms with van der Waals surface area (Å²) in [6.45, 7) is 2.47. The maximum Gasteiger partial charge on any atom is 0.303 e. The first-order valence-corrected chi connectivity index (χ1v) is 12.1. The molecule has 1 atom stereocenters. The fraction of sp³-hybridized carbons (Fsp3) is 0.417. The molecule has 0 aromatic heterocycles. The van der Waals surface area contributed by atoms with Gasteiger partial charge in [0.25, 0.3) is 0 Å². The zero-order valence-electron chi connectivity index (χ0n) is 17.6.